The van der Waals surface area contributed by atoms with E-state index < -0.39 is 96.2 Å². The first-order valence-corrected chi connectivity index (χ1v) is 15.7. The molecule has 7 atom stereocenters. The quantitative estimate of drug-likeness (QED) is 0.0590. The molecule has 2 rings (SSSR count). The summed E-state index contributed by atoms with van der Waals surface area (Å²) in [6.45, 7) is 2.53. The number of primary amides is 1. The molecule has 20 heteroatoms. The van der Waals surface area contributed by atoms with Crippen molar-refractivity contribution in [3.8, 4) is 0 Å². The molecule has 1 aromatic heterocycles. The van der Waals surface area contributed by atoms with Crippen LogP contribution in [0, 0.1) is 0 Å². The van der Waals surface area contributed by atoms with Crippen LogP contribution in [-0.2, 0) is 51.2 Å². The van der Waals surface area contributed by atoms with Crippen LogP contribution in [0.3, 0.4) is 0 Å². The van der Waals surface area contributed by atoms with Gasteiger partial charge in [0.25, 0.3) is 0 Å². The van der Waals surface area contributed by atoms with Crippen molar-refractivity contribution >= 4 is 47.4 Å². The fraction of sp³-hybridized carbons (Fsp3) is 0.452. The van der Waals surface area contributed by atoms with Crippen LogP contribution in [0.25, 0.3) is 0 Å². The van der Waals surface area contributed by atoms with Crippen LogP contribution < -0.4 is 38.1 Å². The summed E-state index contributed by atoms with van der Waals surface area (Å²) in [5.41, 5.74) is 11.6. The fourth-order valence-corrected chi connectivity index (χ4v) is 4.58. The highest BCUT2D eigenvalue weighted by molar-refractivity contribution is 5.97. The number of carbonyl (C=O) groups excluding carboxylic acids is 6. The topological polar surface area (TPSA) is 338 Å². The number of aliphatic hydroxyl groups is 1. The minimum Gasteiger partial charge on any atom is -0.481 e. The number of aliphatic carboxylic acids is 2. The van der Waals surface area contributed by atoms with Crippen LogP contribution >= 0.6 is 0 Å². The van der Waals surface area contributed by atoms with Gasteiger partial charge in [-0.2, -0.15) is 0 Å². The number of rotatable bonds is 21. The van der Waals surface area contributed by atoms with Crippen molar-refractivity contribution in [2.75, 3.05) is 0 Å². The number of H-pyrrole nitrogens is 1. The second-order valence-corrected chi connectivity index (χ2v) is 11.7. The third-order valence-electron chi connectivity index (χ3n) is 7.31. The van der Waals surface area contributed by atoms with Crippen molar-refractivity contribution in [2.24, 2.45) is 11.5 Å². The second kappa shape index (κ2) is 19.9. The van der Waals surface area contributed by atoms with Gasteiger partial charge in [-0.3, -0.25) is 33.6 Å². The van der Waals surface area contributed by atoms with Gasteiger partial charge >= 0.3 is 11.9 Å². The molecule has 0 saturated heterocycles. The van der Waals surface area contributed by atoms with E-state index in [1.807, 2.05) is 0 Å². The number of benzene rings is 1. The Balaban J connectivity index is 2.38. The van der Waals surface area contributed by atoms with Gasteiger partial charge in [-0.15, -0.1) is 0 Å². The number of nitrogens with one attached hydrogen (secondary N) is 6. The van der Waals surface area contributed by atoms with Gasteiger partial charge in [0.1, 0.15) is 30.2 Å². The Bertz CT molecular complexity index is 1530. The zero-order valence-electron chi connectivity index (χ0n) is 27.8. The molecule has 1 heterocycles. The predicted octanol–water partition coefficient (Wildman–Crippen LogP) is -3.83. The first-order chi connectivity index (χ1) is 24.0. The minimum atomic E-state index is -1.84. The average molecular weight is 718 g/mol. The van der Waals surface area contributed by atoms with Crippen molar-refractivity contribution in [1.29, 1.82) is 0 Å². The number of carbonyl (C=O) groups is 8. The lowest BCUT2D eigenvalue weighted by Crippen LogP contribution is -2.61. The normalized spacial score (nSPS) is 15.0. The van der Waals surface area contributed by atoms with E-state index in [9.17, 15) is 48.6 Å². The molecule has 0 aliphatic carbocycles. The van der Waals surface area contributed by atoms with E-state index in [-0.39, 0.29) is 25.7 Å². The van der Waals surface area contributed by atoms with Crippen molar-refractivity contribution in [1.82, 2.24) is 36.6 Å². The molecule has 13 N–H and O–H groups in total. The summed E-state index contributed by atoms with van der Waals surface area (Å²) < 4.78 is 0. The van der Waals surface area contributed by atoms with Crippen molar-refractivity contribution < 1.29 is 53.7 Å². The maximum Gasteiger partial charge on any atom is 0.326 e. The molecule has 0 saturated carbocycles. The Morgan fingerprint density at radius 2 is 1.31 bits per heavy atom. The molecule has 0 aliphatic heterocycles. The number of aromatic nitrogens is 2. The van der Waals surface area contributed by atoms with Gasteiger partial charge in [0.05, 0.1) is 24.9 Å². The van der Waals surface area contributed by atoms with Gasteiger partial charge in [-0.05, 0) is 25.8 Å². The van der Waals surface area contributed by atoms with Crippen LogP contribution in [-0.4, -0.2) is 115 Å². The zero-order valence-corrected chi connectivity index (χ0v) is 27.8. The smallest absolute Gasteiger partial charge is 0.326 e. The summed E-state index contributed by atoms with van der Waals surface area (Å²) in [6, 6.07) is -0.614. The van der Waals surface area contributed by atoms with Gasteiger partial charge in [0.2, 0.25) is 35.4 Å². The highest BCUT2D eigenvalue weighted by Gasteiger charge is 2.35. The van der Waals surface area contributed by atoms with Crippen LogP contribution in [0.4, 0.5) is 0 Å². The molecule has 0 unspecified atom stereocenters. The zero-order chi connectivity index (χ0) is 38.2. The highest BCUT2D eigenvalue weighted by Crippen LogP contribution is 2.08. The molecule has 0 aliphatic rings. The molecule has 6 amide bonds. The molecule has 51 heavy (non-hydrogen) atoms. The summed E-state index contributed by atoms with van der Waals surface area (Å²) in [7, 11) is 0. The summed E-state index contributed by atoms with van der Waals surface area (Å²) >= 11 is 0. The predicted molar refractivity (Wildman–Crippen MR) is 176 cm³/mol. The molecular formula is C31H43N9O11. The van der Waals surface area contributed by atoms with E-state index in [2.05, 4.69) is 36.6 Å². The number of aromatic amines is 1. The number of imidazole rings is 1. The van der Waals surface area contributed by atoms with Crippen molar-refractivity contribution in [2.45, 2.75) is 88.3 Å². The third kappa shape index (κ3) is 14.2. The molecule has 0 fully saturated rings. The van der Waals surface area contributed by atoms with Crippen LogP contribution in [0.2, 0.25) is 0 Å². The Hall–Kier alpha value is -5.89. The summed E-state index contributed by atoms with van der Waals surface area (Å²) in [5, 5.41) is 40.7. The summed E-state index contributed by atoms with van der Waals surface area (Å²) in [4.78, 5) is 107. The standard InChI is InChI=1S/C31H43N9O11/c1-15(32)26(45)36-19(8-9-23(33)42)27(46)40-25(16(2)41)30(49)38-20(10-17-6-4-3-5-7-17)28(47)37-21(11-18-13-34-14-35-18)29(48)39-22(31(50)51)12-24(43)44/h3-7,13-16,19-22,25,41H,8-12,32H2,1-2H3,(H2,33,42)(H,34,35)(H,36,45)(H,37,47)(H,38,49)(H,39,48)(H,40,46)(H,43,44)(H,50,51)/t15-,16+,19-,20-,21-,22-,25-/m0/s1. The molecule has 20 nitrogen and oxygen atoms in total. The van der Waals surface area contributed by atoms with E-state index in [0.29, 0.717) is 11.3 Å². The number of carboxylic acids is 2. The first kappa shape index (κ1) is 41.3. The Kier molecular flexibility index (Phi) is 16.1. The second-order valence-electron chi connectivity index (χ2n) is 11.7. The number of amides is 6. The number of hydrogen-bond acceptors (Lipinski definition) is 11. The average Bonchev–Trinajstić information content (AvgIpc) is 3.57. The van der Waals surface area contributed by atoms with Crippen molar-refractivity contribution in [3.63, 3.8) is 0 Å². The number of hydrogen-bond donors (Lipinski definition) is 11. The Morgan fingerprint density at radius 1 is 0.765 bits per heavy atom. The molecule has 0 bridgehead atoms. The van der Waals surface area contributed by atoms with E-state index >= 15 is 0 Å². The minimum absolute atomic E-state index is 0.167. The lowest BCUT2D eigenvalue weighted by molar-refractivity contribution is -0.147. The van der Waals surface area contributed by atoms with Gasteiger partial charge in [-0.25, -0.2) is 9.78 Å². The maximum absolute atomic E-state index is 13.8. The lowest BCUT2D eigenvalue weighted by atomic mass is 10.0. The SMILES string of the molecule is C[C@H](N)C(=O)N[C@@H](CCC(N)=O)C(=O)N[C@H](C(=O)N[C@@H](Cc1ccccc1)C(=O)N[C@@H](Cc1cnc[nH]1)C(=O)N[C@@H](CC(=O)O)C(=O)O)[C@@H](C)O. The Morgan fingerprint density at radius 3 is 1.82 bits per heavy atom. The lowest BCUT2D eigenvalue weighted by Gasteiger charge is -2.28. The van der Waals surface area contributed by atoms with Gasteiger partial charge < -0.3 is 58.4 Å². The molecule has 0 spiro atoms. The van der Waals surface area contributed by atoms with E-state index in [4.69, 9.17) is 16.6 Å². The Labute approximate surface area is 291 Å². The third-order valence-corrected chi connectivity index (χ3v) is 7.31. The van der Waals surface area contributed by atoms with E-state index in [1.165, 1.54) is 26.4 Å². The molecule has 0 radical (unpaired) electrons. The number of nitrogens with zero attached hydrogens (tertiary/aromatic N) is 1. The monoisotopic (exact) mass is 717 g/mol. The number of aliphatic hydroxyl groups excluding tert-OH is 1. The molecular weight excluding hydrogens is 674 g/mol. The fourth-order valence-electron chi connectivity index (χ4n) is 4.58. The van der Waals surface area contributed by atoms with Gasteiger partial charge in [-0.1, -0.05) is 30.3 Å². The molecule has 278 valence electrons. The molecule has 2 aromatic rings. The first-order valence-electron chi connectivity index (χ1n) is 15.7. The summed E-state index contributed by atoms with van der Waals surface area (Å²) in [5.74, 6) is -8.68. The highest BCUT2D eigenvalue weighted by atomic mass is 16.4. The largest absolute Gasteiger partial charge is 0.481 e. The van der Waals surface area contributed by atoms with Crippen LogP contribution in [0.15, 0.2) is 42.9 Å². The van der Waals surface area contributed by atoms with E-state index in [0.717, 1.165) is 0 Å². The van der Waals surface area contributed by atoms with Gasteiger partial charge in [0.15, 0.2) is 0 Å². The van der Waals surface area contributed by atoms with E-state index in [1.54, 1.807) is 30.3 Å². The maximum atomic E-state index is 13.8. The molecule has 1 aromatic carbocycles. The van der Waals surface area contributed by atoms with Crippen LogP contribution in [0.5, 0.6) is 0 Å². The number of nitrogens with two attached hydrogens (primary N) is 2. The number of carboxylic acid groups (broad SMARTS) is 2. The summed E-state index contributed by atoms with van der Waals surface area (Å²) in [6.07, 6.45) is -0.888. The van der Waals surface area contributed by atoms with Crippen molar-refractivity contribution in [3.05, 3.63) is 54.1 Å². The van der Waals surface area contributed by atoms with Gasteiger partial charge in [0, 0.05) is 31.2 Å². The van der Waals surface area contributed by atoms with Crippen LogP contribution in [0.1, 0.15) is 44.4 Å².